The Kier molecular flexibility index (Phi) is 7.58. The van der Waals surface area contributed by atoms with Crippen LogP contribution in [-0.4, -0.2) is 11.4 Å². The Labute approximate surface area is 185 Å². The summed E-state index contributed by atoms with van der Waals surface area (Å²) in [6.45, 7) is 4.90. The van der Waals surface area contributed by atoms with E-state index in [9.17, 15) is 26.3 Å². The van der Waals surface area contributed by atoms with Crippen LogP contribution in [0, 0.1) is 12.3 Å². The van der Waals surface area contributed by atoms with Crippen molar-refractivity contribution in [3.63, 3.8) is 0 Å². The standard InChI is InChI=1S/C25H28F6N/c1-17(2)6-15-23(19-9-13-21(14-10-19)25(29,30)31)32-16-4-3-5-22(32)18-7-11-20(12-8-18)24(26,27)28/h3,7-14,17,22-23H,4-6,15-16H2,1-2H3/t22-,23+/m0/s1. The minimum absolute atomic E-state index is 0.110. The maximum absolute atomic E-state index is 13.0. The molecule has 1 heterocycles. The molecule has 7 heteroatoms. The average Bonchev–Trinajstić information content (AvgIpc) is 2.73. The van der Waals surface area contributed by atoms with Crippen LogP contribution >= 0.6 is 0 Å². The maximum Gasteiger partial charge on any atom is 0.416 e. The summed E-state index contributed by atoms with van der Waals surface area (Å²) in [5.74, 6) is 0.424. The SMILES string of the molecule is CC(C)CC[C@H](c1ccc(C(F)(F)F)cc1)N1CC[CH]C[C@H]1c1ccc(C(F)(F)F)cc1. The van der Waals surface area contributed by atoms with Crippen LogP contribution in [0.4, 0.5) is 26.3 Å². The van der Waals surface area contributed by atoms with Gasteiger partial charge in [0.15, 0.2) is 0 Å². The van der Waals surface area contributed by atoms with Gasteiger partial charge in [-0.15, -0.1) is 0 Å². The monoisotopic (exact) mass is 456 g/mol. The zero-order chi connectivity index (χ0) is 23.5. The summed E-state index contributed by atoms with van der Waals surface area (Å²) in [5, 5.41) is 0. The lowest BCUT2D eigenvalue weighted by Gasteiger charge is -2.42. The molecule has 32 heavy (non-hydrogen) atoms. The number of rotatable bonds is 6. The molecule has 0 aliphatic carbocycles. The Bertz CT molecular complexity index is 852. The van der Waals surface area contributed by atoms with Gasteiger partial charge in [0.1, 0.15) is 0 Å². The van der Waals surface area contributed by atoms with Crippen LogP contribution in [0.15, 0.2) is 48.5 Å². The van der Waals surface area contributed by atoms with Crippen LogP contribution in [0.3, 0.4) is 0 Å². The highest BCUT2D eigenvalue weighted by molar-refractivity contribution is 5.30. The Hall–Kier alpha value is -2.02. The molecule has 1 aliphatic rings. The molecule has 0 N–H and O–H groups in total. The van der Waals surface area contributed by atoms with Gasteiger partial charge in [0, 0.05) is 12.1 Å². The molecule has 1 saturated heterocycles. The minimum Gasteiger partial charge on any atom is -0.289 e. The van der Waals surface area contributed by atoms with E-state index >= 15 is 0 Å². The van der Waals surface area contributed by atoms with Gasteiger partial charge in [-0.2, -0.15) is 26.3 Å². The molecule has 1 nitrogen and oxygen atoms in total. The Balaban J connectivity index is 1.92. The highest BCUT2D eigenvalue weighted by Gasteiger charge is 2.34. The minimum atomic E-state index is -4.39. The second kappa shape index (κ2) is 9.86. The first kappa shape index (κ1) is 24.6. The summed E-state index contributed by atoms with van der Waals surface area (Å²) < 4.78 is 78.1. The highest BCUT2D eigenvalue weighted by atomic mass is 19.4. The lowest BCUT2D eigenvalue weighted by Crippen LogP contribution is -2.37. The first-order valence-corrected chi connectivity index (χ1v) is 10.9. The first-order valence-electron chi connectivity index (χ1n) is 10.9. The average molecular weight is 456 g/mol. The van der Waals surface area contributed by atoms with E-state index in [0.717, 1.165) is 54.7 Å². The van der Waals surface area contributed by atoms with Gasteiger partial charge in [0.2, 0.25) is 0 Å². The lowest BCUT2D eigenvalue weighted by atomic mass is 9.88. The van der Waals surface area contributed by atoms with Crippen LogP contribution in [0.5, 0.6) is 0 Å². The predicted molar refractivity (Wildman–Crippen MR) is 113 cm³/mol. The fraction of sp³-hybridized carbons (Fsp3) is 0.480. The van der Waals surface area contributed by atoms with Crippen molar-refractivity contribution in [3.8, 4) is 0 Å². The van der Waals surface area contributed by atoms with Gasteiger partial charge in [-0.25, -0.2) is 0 Å². The third kappa shape index (κ3) is 6.06. The van der Waals surface area contributed by atoms with Gasteiger partial charge in [-0.05, 0) is 80.0 Å². The quantitative estimate of drug-likeness (QED) is 0.396. The van der Waals surface area contributed by atoms with Crippen LogP contribution in [-0.2, 0) is 12.4 Å². The van der Waals surface area contributed by atoms with Gasteiger partial charge in [-0.1, -0.05) is 38.1 Å². The van der Waals surface area contributed by atoms with Crippen molar-refractivity contribution in [2.75, 3.05) is 6.54 Å². The summed E-state index contributed by atoms with van der Waals surface area (Å²) in [5.41, 5.74) is 0.217. The van der Waals surface area contributed by atoms with Crippen molar-refractivity contribution < 1.29 is 26.3 Å². The molecule has 0 unspecified atom stereocenters. The van der Waals surface area contributed by atoms with E-state index in [1.54, 1.807) is 0 Å². The number of benzene rings is 2. The summed E-state index contributed by atoms with van der Waals surface area (Å²) in [6, 6.07) is 10.3. The fourth-order valence-electron chi connectivity index (χ4n) is 4.31. The van der Waals surface area contributed by atoms with E-state index in [4.69, 9.17) is 0 Å². The second-order valence-electron chi connectivity index (χ2n) is 8.79. The molecule has 0 bridgehead atoms. The topological polar surface area (TPSA) is 3.24 Å². The van der Waals surface area contributed by atoms with E-state index in [0.29, 0.717) is 18.9 Å². The molecule has 175 valence electrons. The molecule has 1 fully saturated rings. The van der Waals surface area contributed by atoms with Gasteiger partial charge >= 0.3 is 12.4 Å². The molecule has 3 rings (SSSR count). The Morgan fingerprint density at radius 3 is 1.84 bits per heavy atom. The molecule has 0 spiro atoms. The smallest absolute Gasteiger partial charge is 0.289 e. The van der Waals surface area contributed by atoms with Crippen LogP contribution in [0.25, 0.3) is 0 Å². The van der Waals surface area contributed by atoms with Crippen LogP contribution < -0.4 is 0 Å². The summed E-state index contributed by atoms with van der Waals surface area (Å²) in [7, 11) is 0. The molecular formula is C25H28F6N. The largest absolute Gasteiger partial charge is 0.416 e. The number of piperidine rings is 1. The van der Waals surface area contributed by atoms with Crippen molar-refractivity contribution in [2.45, 2.75) is 64.0 Å². The van der Waals surface area contributed by atoms with Crippen LogP contribution in [0.1, 0.15) is 73.9 Å². The Morgan fingerprint density at radius 2 is 1.34 bits per heavy atom. The number of hydrogen-bond donors (Lipinski definition) is 0. The van der Waals surface area contributed by atoms with E-state index in [-0.39, 0.29) is 12.1 Å². The van der Waals surface area contributed by atoms with Crippen molar-refractivity contribution in [1.82, 2.24) is 4.90 Å². The third-order valence-corrected chi connectivity index (χ3v) is 6.05. The van der Waals surface area contributed by atoms with E-state index in [1.807, 2.05) is 0 Å². The normalized spacial score (nSPS) is 19.3. The van der Waals surface area contributed by atoms with Crippen molar-refractivity contribution in [3.05, 3.63) is 77.2 Å². The number of nitrogens with zero attached hydrogens (tertiary/aromatic N) is 1. The second-order valence-corrected chi connectivity index (χ2v) is 8.79. The molecule has 0 saturated carbocycles. The summed E-state index contributed by atoms with van der Waals surface area (Å²) in [4.78, 5) is 2.24. The third-order valence-electron chi connectivity index (χ3n) is 6.05. The molecule has 0 amide bonds. The molecule has 2 aromatic rings. The van der Waals surface area contributed by atoms with E-state index < -0.39 is 23.5 Å². The zero-order valence-electron chi connectivity index (χ0n) is 18.2. The predicted octanol–water partition coefficient (Wildman–Crippen LogP) is 8.24. The molecule has 2 aromatic carbocycles. The van der Waals surface area contributed by atoms with Crippen molar-refractivity contribution in [2.24, 2.45) is 5.92 Å². The van der Waals surface area contributed by atoms with Gasteiger partial charge in [0.25, 0.3) is 0 Å². The highest BCUT2D eigenvalue weighted by Crippen LogP contribution is 2.41. The summed E-state index contributed by atoms with van der Waals surface area (Å²) in [6.07, 6.45) is -3.48. The lowest BCUT2D eigenvalue weighted by molar-refractivity contribution is -0.138. The number of hydrogen-bond acceptors (Lipinski definition) is 1. The number of alkyl halides is 6. The molecular weight excluding hydrogens is 428 g/mol. The molecule has 0 aromatic heterocycles. The molecule has 1 aliphatic heterocycles. The summed E-state index contributed by atoms with van der Waals surface area (Å²) >= 11 is 0. The van der Waals surface area contributed by atoms with Crippen molar-refractivity contribution >= 4 is 0 Å². The zero-order valence-corrected chi connectivity index (χ0v) is 18.2. The van der Waals surface area contributed by atoms with E-state index in [2.05, 4.69) is 25.2 Å². The van der Waals surface area contributed by atoms with Crippen molar-refractivity contribution in [1.29, 1.82) is 0 Å². The Morgan fingerprint density at radius 1 is 0.812 bits per heavy atom. The molecule has 2 atom stereocenters. The maximum atomic E-state index is 13.0. The van der Waals surface area contributed by atoms with Gasteiger partial charge < -0.3 is 0 Å². The van der Waals surface area contributed by atoms with Crippen LogP contribution in [0.2, 0.25) is 0 Å². The van der Waals surface area contributed by atoms with Gasteiger partial charge in [0.05, 0.1) is 11.1 Å². The van der Waals surface area contributed by atoms with E-state index in [1.165, 1.54) is 24.3 Å². The number of likely N-dealkylation sites (tertiary alicyclic amines) is 1. The molecule has 1 radical (unpaired) electrons. The van der Waals surface area contributed by atoms with Gasteiger partial charge in [-0.3, -0.25) is 4.90 Å². The first-order chi connectivity index (χ1) is 15.0. The fourth-order valence-corrected chi connectivity index (χ4v) is 4.31. The number of halogens is 6.